The number of hydrogen-bond donors (Lipinski definition) is 1. The third-order valence-electron chi connectivity index (χ3n) is 2.80. The van der Waals surface area contributed by atoms with E-state index in [1.807, 2.05) is 13.0 Å². The maximum atomic E-state index is 11.2. The summed E-state index contributed by atoms with van der Waals surface area (Å²) in [4.78, 5) is 11.2. The summed E-state index contributed by atoms with van der Waals surface area (Å²) in [6.07, 6.45) is 0.778. The molecule has 20 heavy (non-hydrogen) atoms. The van der Waals surface area contributed by atoms with Gasteiger partial charge in [-0.3, -0.25) is 0 Å². The minimum Gasteiger partial charge on any atom is -0.478 e. The number of rotatable bonds is 4. The van der Waals surface area contributed by atoms with Crippen molar-refractivity contribution in [3.8, 4) is 11.5 Å². The van der Waals surface area contributed by atoms with Crippen LogP contribution in [0.2, 0.25) is 5.02 Å². The van der Waals surface area contributed by atoms with Gasteiger partial charge in [0.05, 0.1) is 0 Å². The van der Waals surface area contributed by atoms with E-state index in [2.05, 4.69) is 15.9 Å². The largest absolute Gasteiger partial charge is 0.478 e. The van der Waals surface area contributed by atoms with E-state index in [1.54, 1.807) is 24.3 Å². The molecule has 0 aliphatic rings. The Morgan fingerprint density at radius 2 is 2.05 bits per heavy atom. The van der Waals surface area contributed by atoms with Crippen LogP contribution in [0.4, 0.5) is 0 Å². The molecule has 0 unspecified atom stereocenters. The van der Waals surface area contributed by atoms with Crippen LogP contribution >= 0.6 is 27.5 Å². The summed E-state index contributed by atoms with van der Waals surface area (Å²) in [5.41, 5.74) is 1.07. The summed E-state index contributed by atoms with van der Waals surface area (Å²) in [7, 11) is 0. The zero-order valence-corrected chi connectivity index (χ0v) is 13.0. The Morgan fingerprint density at radius 1 is 1.30 bits per heavy atom. The Labute approximate surface area is 130 Å². The van der Waals surface area contributed by atoms with Gasteiger partial charge in [-0.2, -0.15) is 0 Å². The van der Waals surface area contributed by atoms with Gasteiger partial charge in [-0.05, 0) is 48.4 Å². The third kappa shape index (κ3) is 3.32. The molecule has 0 atom stereocenters. The van der Waals surface area contributed by atoms with E-state index < -0.39 is 5.97 Å². The molecule has 2 aromatic rings. The molecule has 0 fully saturated rings. The van der Waals surface area contributed by atoms with E-state index in [0.29, 0.717) is 10.8 Å². The standard InChI is InChI=1S/C15H12BrClO3/c1-2-9-7-11(4-6-13(9)17)20-14-8-10(16)3-5-12(14)15(18)19/h3-8H,2H2,1H3,(H,18,19). The summed E-state index contributed by atoms with van der Waals surface area (Å²) in [5, 5.41) is 9.84. The van der Waals surface area contributed by atoms with Gasteiger partial charge >= 0.3 is 5.97 Å². The van der Waals surface area contributed by atoms with Gasteiger partial charge in [0.15, 0.2) is 0 Å². The second-order valence-electron chi connectivity index (χ2n) is 4.15. The first-order valence-electron chi connectivity index (χ1n) is 6.00. The molecule has 2 aromatic carbocycles. The van der Waals surface area contributed by atoms with Crippen LogP contribution in [-0.2, 0) is 6.42 Å². The highest BCUT2D eigenvalue weighted by Crippen LogP contribution is 2.31. The second-order valence-corrected chi connectivity index (χ2v) is 5.48. The van der Waals surface area contributed by atoms with Gasteiger partial charge in [0, 0.05) is 9.50 Å². The monoisotopic (exact) mass is 354 g/mol. The predicted molar refractivity (Wildman–Crippen MR) is 82.0 cm³/mol. The normalized spacial score (nSPS) is 10.3. The summed E-state index contributed by atoms with van der Waals surface area (Å²) in [6, 6.07) is 10.1. The molecular formula is C15H12BrClO3. The van der Waals surface area contributed by atoms with Crippen LogP contribution < -0.4 is 4.74 Å². The molecule has 0 spiro atoms. The van der Waals surface area contributed by atoms with Gasteiger partial charge in [0.2, 0.25) is 0 Å². The average Bonchev–Trinajstić information content (AvgIpc) is 2.40. The number of carboxylic acid groups (broad SMARTS) is 1. The van der Waals surface area contributed by atoms with E-state index in [-0.39, 0.29) is 11.3 Å². The molecule has 0 saturated heterocycles. The Hall–Kier alpha value is -1.52. The van der Waals surface area contributed by atoms with Crippen molar-refractivity contribution in [1.82, 2.24) is 0 Å². The first-order chi connectivity index (χ1) is 9.51. The molecule has 0 heterocycles. The number of ether oxygens (including phenoxy) is 1. The lowest BCUT2D eigenvalue weighted by Gasteiger charge is -2.11. The molecule has 1 N–H and O–H groups in total. The number of hydrogen-bond acceptors (Lipinski definition) is 2. The fourth-order valence-corrected chi connectivity index (χ4v) is 2.36. The van der Waals surface area contributed by atoms with Crippen LogP contribution in [0, 0.1) is 0 Å². The zero-order valence-electron chi connectivity index (χ0n) is 10.7. The molecule has 0 saturated carbocycles. The Bertz CT molecular complexity index is 656. The number of benzene rings is 2. The quantitative estimate of drug-likeness (QED) is 0.824. The predicted octanol–water partition coefficient (Wildman–Crippen LogP) is 5.16. The molecule has 0 aromatic heterocycles. The molecule has 104 valence electrons. The molecular weight excluding hydrogens is 344 g/mol. The van der Waals surface area contributed by atoms with Gasteiger partial charge in [0.25, 0.3) is 0 Å². The molecule has 5 heteroatoms. The summed E-state index contributed by atoms with van der Waals surface area (Å²) >= 11 is 9.35. The summed E-state index contributed by atoms with van der Waals surface area (Å²) in [5.74, 6) is -0.180. The molecule has 0 aliphatic heterocycles. The molecule has 3 nitrogen and oxygen atoms in total. The molecule has 0 amide bonds. The fourth-order valence-electron chi connectivity index (χ4n) is 1.77. The van der Waals surface area contributed by atoms with Crippen LogP contribution in [-0.4, -0.2) is 11.1 Å². The number of aromatic carboxylic acids is 1. The van der Waals surface area contributed by atoms with Crippen molar-refractivity contribution in [1.29, 1.82) is 0 Å². The Morgan fingerprint density at radius 3 is 2.70 bits per heavy atom. The van der Waals surface area contributed by atoms with E-state index in [4.69, 9.17) is 21.4 Å². The van der Waals surface area contributed by atoms with Crippen LogP contribution in [0.25, 0.3) is 0 Å². The maximum Gasteiger partial charge on any atom is 0.339 e. The van der Waals surface area contributed by atoms with E-state index in [1.165, 1.54) is 6.07 Å². The number of carboxylic acids is 1. The SMILES string of the molecule is CCc1cc(Oc2cc(Br)ccc2C(=O)O)ccc1Cl. The first-order valence-corrected chi connectivity index (χ1v) is 7.17. The lowest BCUT2D eigenvalue weighted by atomic mass is 10.1. The van der Waals surface area contributed by atoms with Gasteiger partial charge in [-0.25, -0.2) is 4.79 Å². The van der Waals surface area contributed by atoms with Crippen LogP contribution in [0.1, 0.15) is 22.8 Å². The van der Waals surface area contributed by atoms with Gasteiger partial charge in [-0.15, -0.1) is 0 Å². The molecule has 0 radical (unpaired) electrons. The minimum atomic E-state index is -1.03. The topological polar surface area (TPSA) is 46.5 Å². The van der Waals surface area contributed by atoms with Gasteiger partial charge < -0.3 is 9.84 Å². The van der Waals surface area contributed by atoms with E-state index in [0.717, 1.165) is 16.5 Å². The number of aryl methyl sites for hydroxylation is 1. The van der Waals surface area contributed by atoms with Crippen molar-refractivity contribution < 1.29 is 14.6 Å². The van der Waals surface area contributed by atoms with Crippen molar-refractivity contribution in [2.24, 2.45) is 0 Å². The second kappa shape index (κ2) is 6.29. The smallest absolute Gasteiger partial charge is 0.339 e. The van der Waals surface area contributed by atoms with Crippen LogP contribution in [0.5, 0.6) is 11.5 Å². The van der Waals surface area contributed by atoms with Gasteiger partial charge in [-0.1, -0.05) is 34.5 Å². The lowest BCUT2D eigenvalue weighted by molar-refractivity contribution is 0.0694. The van der Waals surface area contributed by atoms with Crippen molar-refractivity contribution in [2.75, 3.05) is 0 Å². The van der Waals surface area contributed by atoms with Crippen LogP contribution in [0.15, 0.2) is 40.9 Å². The lowest BCUT2D eigenvalue weighted by Crippen LogP contribution is -2.00. The third-order valence-corrected chi connectivity index (χ3v) is 3.66. The van der Waals surface area contributed by atoms with E-state index >= 15 is 0 Å². The minimum absolute atomic E-state index is 0.112. The van der Waals surface area contributed by atoms with Crippen molar-refractivity contribution >= 4 is 33.5 Å². The average molecular weight is 356 g/mol. The fraction of sp³-hybridized carbons (Fsp3) is 0.133. The molecule has 2 rings (SSSR count). The number of halogens is 2. The number of carbonyl (C=O) groups is 1. The first kappa shape index (κ1) is 14.9. The highest BCUT2D eigenvalue weighted by atomic mass is 79.9. The van der Waals surface area contributed by atoms with Crippen molar-refractivity contribution in [3.05, 3.63) is 57.0 Å². The van der Waals surface area contributed by atoms with Crippen molar-refractivity contribution in [3.63, 3.8) is 0 Å². The Balaban J connectivity index is 2.39. The van der Waals surface area contributed by atoms with Gasteiger partial charge in [0.1, 0.15) is 17.1 Å². The summed E-state index contributed by atoms with van der Waals surface area (Å²) in [6.45, 7) is 1.99. The molecule has 0 aliphatic carbocycles. The van der Waals surface area contributed by atoms with Crippen molar-refractivity contribution in [2.45, 2.75) is 13.3 Å². The van der Waals surface area contributed by atoms with Crippen LogP contribution in [0.3, 0.4) is 0 Å². The molecule has 0 bridgehead atoms. The zero-order chi connectivity index (χ0) is 14.7. The Kier molecular flexibility index (Phi) is 4.68. The highest BCUT2D eigenvalue weighted by molar-refractivity contribution is 9.10. The summed E-state index contributed by atoms with van der Waals surface area (Å²) < 4.78 is 6.43. The highest BCUT2D eigenvalue weighted by Gasteiger charge is 2.13. The van der Waals surface area contributed by atoms with E-state index in [9.17, 15) is 4.79 Å². The maximum absolute atomic E-state index is 11.2.